The molecular formula is C55H57N9O8. The molecule has 5 aliphatic heterocycles. The Morgan fingerprint density at radius 2 is 1.81 bits per heavy atom. The lowest BCUT2D eigenvalue weighted by molar-refractivity contribution is -0.172. The zero-order valence-corrected chi connectivity index (χ0v) is 40.8. The number of benzene rings is 3. The van der Waals surface area contributed by atoms with Gasteiger partial charge in [0.1, 0.15) is 31.4 Å². The van der Waals surface area contributed by atoms with Crippen molar-refractivity contribution in [1.29, 1.82) is 5.26 Å². The van der Waals surface area contributed by atoms with Crippen LogP contribution in [0.25, 0.3) is 33.1 Å². The molecule has 2 fully saturated rings. The standard InChI is InChI=1S/C55H57N9O8/c1-5-55(69)43-24-47-49-40(26-64(47)52(67)42(43)31-71-53(55)68)41(28-65)39-23-37(14-15-44(39)57-49)70-29-33(3)51(66)63-22-21-62(25-35(63)16-18-56)50-38-17-20-61(46-13-7-11-34-10-6-9-32(2)48(34)46)27-45(38)58-54(59-50)72-30-36-12-8-19-60(36)4/h6-7,9-11,13-15,23-24,35-36,65,69H,3,5,8,12,16-17,19-22,25-31H2,1-2,4H3/t35-,36-,55-/m0/s1. The Morgan fingerprint density at radius 1 is 0.972 bits per heavy atom. The van der Waals surface area contributed by atoms with Crippen LogP contribution in [0.3, 0.4) is 0 Å². The summed E-state index contributed by atoms with van der Waals surface area (Å²) in [6.45, 7) is 11.4. The Balaban J connectivity index is 0.813. The van der Waals surface area contributed by atoms with E-state index in [0.29, 0.717) is 84.4 Å². The van der Waals surface area contributed by atoms with E-state index >= 15 is 0 Å². The molecule has 17 heteroatoms. The van der Waals surface area contributed by atoms with Gasteiger partial charge in [-0.1, -0.05) is 43.8 Å². The topological polar surface area (TPSA) is 200 Å². The third kappa shape index (κ3) is 7.98. The maximum atomic E-state index is 14.3. The highest BCUT2D eigenvalue weighted by molar-refractivity contribution is 5.97. The Hall–Kier alpha value is -7.39. The summed E-state index contributed by atoms with van der Waals surface area (Å²) in [7, 11) is 2.12. The molecule has 5 aliphatic rings. The van der Waals surface area contributed by atoms with E-state index in [1.165, 1.54) is 26.6 Å². The number of pyridine rings is 2. The number of aliphatic hydroxyl groups excluding tert-OH is 1. The average Bonchev–Trinajstić information content (AvgIpc) is 3.99. The number of likely N-dealkylation sites (tertiary alicyclic amines) is 1. The van der Waals surface area contributed by atoms with E-state index < -0.39 is 23.2 Å². The van der Waals surface area contributed by atoms with Gasteiger partial charge in [-0.2, -0.15) is 15.2 Å². The molecule has 0 aliphatic carbocycles. The van der Waals surface area contributed by atoms with Crippen LogP contribution in [0.4, 0.5) is 11.5 Å². The normalized spacial score (nSPS) is 20.4. The highest BCUT2D eigenvalue weighted by Gasteiger charge is 2.46. The van der Waals surface area contributed by atoms with Gasteiger partial charge in [-0.05, 0) is 93.0 Å². The van der Waals surface area contributed by atoms with Gasteiger partial charge >= 0.3 is 12.0 Å². The van der Waals surface area contributed by atoms with Crippen molar-refractivity contribution in [2.24, 2.45) is 0 Å². The molecule has 0 saturated carbocycles. The number of aliphatic hydroxyl groups is 2. The van der Waals surface area contributed by atoms with E-state index in [1.54, 1.807) is 36.1 Å². The van der Waals surface area contributed by atoms with Crippen molar-refractivity contribution >= 4 is 45.1 Å². The van der Waals surface area contributed by atoms with E-state index in [9.17, 15) is 29.9 Å². The van der Waals surface area contributed by atoms with Gasteiger partial charge in [0.25, 0.3) is 11.5 Å². The van der Waals surface area contributed by atoms with Crippen molar-refractivity contribution in [2.75, 3.05) is 62.8 Å². The molecule has 3 atom stereocenters. The minimum atomic E-state index is -1.96. The van der Waals surface area contributed by atoms with Crippen LogP contribution in [0.15, 0.2) is 77.6 Å². The largest absolute Gasteiger partial charge is 0.489 e. The quantitative estimate of drug-likeness (QED) is 0.116. The van der Waals surface area contributed by atoms with Crippen LogP contribution in [-0.2, 0) is 52.7 Å². The van der Waals surface area contributed by atoms with Crippen LogP contribution < -0.4 is 24.8 Å². The van der Waals surface area contributed by atoms with Crippen molar-refractivity contribution in [1.82, 2.24) is 29.3 Å². The molecule has 17 nitrogen and oxygen atoms in total. The number of nitrogens with zero attached hydrogens (tertiary/aromatic N) is 9. The minimum absolute atomic E-state index is 0.0221. The molecule has 3 aromatic carbocycles. The Labute approximate surface area is 416 Å². The Morgan fingerprint density at radius 3 is 2.58 bits per heavy atom. The molecule has 0 unspecified atom stereocenters. The van der Waals surface area contributed by atoms with E-state index in [1.807, 2.05) is 0 Å². The van der Waals surface area contributed by atoms with Crippen LogP contribution in [-0.4, -0.2) is 116 Å². The number of hydrogen-bond donors (Lipinski definition) is 2. The minimum Gasteiger partial charge on any atom is -0.489 e. The van der Waals surface area contributed by atoms with Gasteiger partial charge in [-0.15, -0.1) is 0 Å². The lowest BCUT2D eigenvalue weighted by Crippen LogP contribution is -2.56. The number of ether oxygens (including phenoxy) is 3. The number of aromatic nitrogens is 4. The van der Waals surface area contributed by atoms with E-state index in [0.717, 1.165) is 43.0 Å². The molecule has 1 amide bonds. The van der Waals surface area contributed by atoms with Crippen molar-refractivity contribution in [3.8, 4) is 29.2 Å². The fourth-order valence-electron chi connectivity index (χ4n) is 11.5. The first-order valence-electron chi connectivity index (χ1n) is 24.8. The van der Waals surface area contributed by atoms with Gasteiger partial charge < -0.3 is 48.6 Å². The lowest BCUT2D eigenvalue weighted by Gasteiger charge is -2.42. The molecule has 370 valence electrons. The molecular weight excluding hydrogens is 915 g/mol. The van der Waals surface area contributed by atoms with Crippen LogP contribution in [0.2, 0.25) is 0 Å². The second kappa shape index (κ2) is 18.7. The maximum Gasteiger partial charge on any atom is 0.343 e. The number of cyclic esters (lactones) is 1. The number of esters is 1. The summed E-state index contributed by atoms with van der Waals surface area (Å²) in [5.74, 6) is 0.0845. The van der Waals surface area contributed by atoms with Gasteiger partial charge in [-0.3, -0.25) is 9.59 Å². The van der Waals surface area contributed by atoms with E-state index in [2.05, 4.69) is 77.7 Å². The first-order chi connectivity index (χ1) is 34.9. The summed E-state index contributed by atoms with van der Waals surface area (Å²) in [6, 6.07) is 22.1. The molecule has 72 heavy (non-hydrogen) atoms. The van der Waals surface area contributed by atoms with Crippen molar-refractivity contribution in [2.45, 2.75) is 89.9 Å². The van der Waals surface area contributed by atoms with Crippen molar-refractivity contribution in [3.63, 3.8) is 0 Å². The van der Waals surface area contributed by atoms with Crippen molar-refractivity contribution < 1.29 is 34.0 Å². The Kier molecular flexibility index (Phi) is 12.2. The van der Waals surface area contributed by atoms with Crippen LogP contribution in [0.5, 0.6) is 11.8 Å². The number of rotatable bonds is 12. The lowest BCUT2D eigenvalue weighted by atomic mass is 9.86. The number of piperazine rings is 1. The maximum absolute atomic E-state index is 14.3. The molecule has 3 aromatic heterocycles. The number of nitriles is 1. The van der Waals surface area contributed by atoms with Gasteiger partial charge in [-0.25, -0.2) is 9.78 Å². The number of amides is 1. The van der Waals surface area contributed by atoms with Crippen LogP contribution in [0, 0.1) is 18.3 Å². The number of carbonyl (C=O) groups is 2. The summed E-state index contributed by atoms with van der Waals surface area (Å²) in [6.07, 6.45) is 3.00. The van der Waals surface area contributed by atoms with E-state index in [4.69, 9.17) is 29.2 Å². The average molecular weight is 972 g/mol. The number of likely N-dealkylation sites (N-methyl/N-ethyl adjacent to an activating group) is 1. The van der Waals surface area contributed by atoms with E-state index in [-0.39, 0.29) is 67.9 Å². The molecule has 2 N–H and O–H groups in total. The molecule has 0 radical (unpaired) electrons. The van der Waals surface area contributed by atoms with Crippen LogP contribution >= 0.6 is 0 Å². The predicted octanol–water partition coefficient (Wildman–Crippen LogP) is 5.43. The summed E-state index contributed by atoms with van der Waals surface area (Å²) in [5.41, 5.74) is 5.26. The zero-order valence-electron chi connectivity index (χ0n) is 40.8. The van der Waals surface area contributed by atoms with Gasteiger partial charge in [0.05, 0.1) is 66.4 Å². The second-order valence-corrected chi connectivity index (χ2v) is 19.7. The third-order valence-electron chi connectivity index (χ3n) is 15.6. The molecule has 0 bridgehead atoms. The summed E-state index contributed by atoms with van der Waals surface area (Å²) in [4.78, 5) is 64.4. The molecule has 6 aromatic rings. The monoisotopic (exact) mass is 971 g/mol. The SMILES string of the molecule is C=C(COc1ccc2nc3c(c(CO)c2c1)Cn1c-3cc2c(c1=O)COC(=O)[C@]2(O)CC)C(=O)N1CCN(c2nc(OC[C@@H]3CCCN3C)nc3c2CCN(c2cccc4cccc(C)c24)C3)C[C@@H]1CC#N. The summed E-state index contributed by atoms with van der Waals surface area (Å²) >= 11 is 0. The number of fused-ring (bicyclic) bond motifs is 7. The number of anilines is 2. The molecule has 8 heterocycles. The number of aryl methyl sites for hydroxylation is 1. The smallest absolute Gasteiger partial charge is 0.343 e. The highest BCUT2D eigenvalue weighted by atomic mass is 16.6. The second-order valence-electron chi connectivity index (χ2n) is 19.7. The van der Waals surface area contributed by atoms with Gasteiger partial charge in [0, 0.05) is 70.9 Å². The van der Waals surface area contributed by atoms with Gasteiger partial charge in [0.2, 0.25) is 0 Å². The summed E-state index contributed by atoms with van der Waals surface area (Å²) in [5, 5.41) is 35.2. The van der Waals surface area contributed by atoms with Gasteiger partial charge in [0.15, 0.2) is 5.60 Å². The summed E-state index contributed by atoms with van der Waals surface area (Å²) < 4.78 is 19.4. The first kappa shape index (κ1) is 47.0. The Bertz CT molecular complexity index is 3330. The van der Waals surface area contributed by atoms with Crippen molar-refractivity contribution in [3.05, 3.63) is 122 Å². The van der Waals surface area contributed by atoms with Crippen LogP contribution in [0.1, 0.15) is 71.7 Å². The zero-order chi connectivity index (χ0) is 50.0. The fourth-order valence-corrected chi connectivity index (χ4v) is 11.5. The predicted molar refractivity (Wildman–Crippen MR) is 270 cm³/mol. The number of hydrogen-bond acceptors (Lipinski definition) is 15. The fraction of sp³-hybridized carbons (Fsp3) is 0.400. The number of carbonyl (C=O) groups excluding carboxylic acids is 2. The highest BCUT2D eigenvalue weighted by Crippen LogP contribution is 2.42. The third-order valence-corrected chi connectivity index (χ3v) is 15.6. The molecule has 11 rings (SSSR count). The molecule has 2 saturated heterocycles. The first-order valence-corrected chi connectivity index (χ1v) is 24.8. The molecule has 0 spiro atoms.